The van der Waals surface area contributed by atoms with Gasteiger partial charge in [-0.3, -0.25) is 9.59 Å². The van der Waals surface area contributed by atoms with Gasteiger partial charge in [-0.1, -0.05) is 80.9 Å². The zero-order chi connectivity index (χ0) is 28.1. The van der Waals surface area contributed by atoms with Crippen LogP contribution in [0.5, 0.6) is 0 Å². The smallest absolute Gasteiger partial charge is 0.211 e. The van der Waals surface area contributed by atoms with Crippen LogP contribution in [0.3, 0.4) is 0 Å². The Morgan fingerprint density at radius 2 is 1.82 bits per heavy atom. The average molecular weight is 569 g/mol. The van der Waals surface area contributed by atoms with Crippen molar-refractivity contribution in [2.45, 2.75) is 83.4 Å². The number of hydrogen-bond acceptors (Lipinski definition) is 4. The van der Waals surface area contributed by atoms with Gasteiger partial charge in [0.15, 0.2) is 0 Å². The Labute approximate surface area is 235 Å². The van der Waals surface area contributed by atoms with E-state index in [1.807, 2.05) is 13.0 Å². The Kier molecular flexibility index (Phi) is 13.5. The Bertz CT molecular complexity index is 1020. The van der Waals surface area contributed by atoms with Gasteiger partial charge in [-0.05, 0) is 60.9 Å². The van der Waals surface area contributed by atoms with Gasteiger partial charge < -0.3 is 21.1 Å². The average Bonchev–Trinajstić information content (AvgIpc) is 3.33. The summed E-state index contributed by atoms with van der Waals surface area (Å²) in [5.41, 5.74) is 1.61. The van der Waals surface area contributed by atoms with E-state index in [4.69, 9.17) is 28.3 Å². The number of halogens is 3. The van der Waals surface area contributed by atoms with E-state index in [9.17, 15) is 14.0 Å². The summed E-state index contributed by atoms with van der Waals surface area (Å²) >= 11 is 11.7. The first-order chi connectivity index (χ1) is 18.1. The SMILES string of the molecule is CC(CNCc1ccc(Cl)cc1NC=O)c1cccc(Cl)c1F.CC1(O)CC(NC=O)C1.CC1CCCC1. The van der Waals surface area contributed by atoms with E-state index in [0.717, 1.165) is 11.5 Å². The fourth-order valence-corrected chi connectivity index (χ4v) is 5.03. The summed E-state index contributed by atoms with van der Waals surface area (Å²) in [5, 5.41) is 18.3. The molecule has 0 spiro atoms. The van der Waals surface area contributed by atoms with Crippen molar-refractivity contribution in [2.24, 2.45) is 5.92 Å². The molecule has 2 aliphatic carbocycles. The molecule has 4 rings (SSSR count). The molecule has 1 unspecified atom stereocenters. The van der Waals surface area contributed by atoms with Crippen LogP contribution < -0.4 is 16.0 Å². The molecule has 2 aliphatic rings. The molecule has 2 saturated carbocycles. The summed E-state index contributed by atoms with van der Waals surface area (Å²) in [6, 6.07) is 10.5. The van der Waals surface area contributed by atoms with E-state index in [-0.39, 0.29) is 22.8 Å². The second kappa shape index (κ2) is 16.0. The predicted molar refractivity (Wildman–Crippen MR) is 153 cm³/mol. The van der Waals surface area contributed by atoms with Gasteiger partial charge >= 0.3 is 0 Å². The lowest BCUT2D eigenvalue weighted by molar-refractivity contribution is -0.113. The predicted octanol–water partition coefficient (Wildman–Crippen LogP) is 6.44. The number of aliphatic hydroxyl groups is 1. The summed E-state index contributed by atoms with van der Waals surface area (Å²) in [4.78, 5) is 20.5. The topological polar surface area (TPSA) is 90.5 Å². The van der Waals surface area contributed by atoms with Gasteiger partial charge in [0, 0.05) is 29.8 Å². The first kappa shape index (κ1) is 32.0. The highest BCUT2D eigenvalue weighted by Gasteiger charge is 2.37. The molecule has 1 atom stereocenters. The highest BCUT2D eigenvalue weighted by Crippen LogP contribution is 2.30. The van der Waals surface area contributed by atoms with E-state index < -0.39 is 5.60 Å². The number of amides is 2. The van der Waals surface area contributed by atoms with Gasteiger partial charge in [0.1, 0.15) is 5.82 Å². The summed E-state index contributed by atoms with van der Waals surface area (Å²) in [6.45, 7) is 7.14. The summed E-state index contributed by atoms with van der Waals surface area (Å²) in [7, 11) is 0. The zero-order valence-corrected chi connectivity index (χ0v) is 23.9. The number of hydrogen-bond donors (Lipinski definition) is 4. The molecule has 210 valence electrons. The molecule has 0 bridgehead atoms. The third-order valence-corrected chi connectivity index (χ3v) is 7.41. The minimum Gasteiger partial charge on any atom is -0.390 e. The highest BCUT2D eigenvalue weighted by atomic mass is 35.5. The largest absolute Gasteiger partial charge is 0.390 e. The van der Waals surface area contributed by atoms with E-state index in [1.165, 1.54) is 31.7 Å². The third kappa shape index (κ3) is 10.9. The molecule has 0 aliphatic heterocycles. The van der Waals surface area contributed by atoms with Crippen LogP contribution in [0.4, 0.5) is 10.1 Å². The number of carbonyl (C=O) groups excluding carboxylic acids is 2. The Morgan fingerprint density at radius 1 is 1.13 bits per heavy atom. The van der Waals surface area contributed by atoms with Crippen molar-refractivity contribution in [3.05, 3.63) is 63.4 Å². The minimum atomic E-state index is -0.527. The molecule has 0 heterocycles. The number of benzene rings is 2. The normalized spacial score (nSPS) is 21.1. The Morgan fingerprint density at radius 3 is 2.37 bits per heavy atom. The van der Waals surface area contributed by atoms with Crippen molar-refractivity contribution in [1.29, 1.82) is 0 Å². The summed E-state index contributed by atoms with van der Waals surface area (Å²) in [5.74, 6) is 0.631. The summed E-state index contributed by atoms with van der Waals surface area (Å²) in [6.07, 6.45) is 8.61. The van der Waals surface area contributed by atoms with Gasteiger partial charge in [0.05, 0.1) is 10.6 Å². The maximum atomic E-state index is 14.0. The van der Waals surface area contributed by atoms with Crippen LogP contribution in [-0.4, -0.2) is 36.1 Å². The van der Waals surface area contributed by atoms with Crippen LogP contribution in [-0.2, 0) is 16.1 Å². The van der Waals surface area contributed by atoms with Crippen LogP contribution in [0.25, 0.3) is 0 Å². The van der Waals surface area contributed by atoms with Gasteiger partial charge in [-0.25, -0.2) is 4.39 Å². The Balaban J connectivity index is 0.000000273. The highest BCUT2D eigenvalue weighted by molar-refractivity contribution is 6.31. The quantitative estimate of drug-likeness (QED) is 0.262. The van der Waals surface area contributed by atoms with Crippen molar-refractivity contribution >= 4 is 41.7 Å². The van der Waals surface area contributed by atoms with E-state index in [0.29, 0.717) is 55.0 Å². The maximum Gasteiger partial charge on any atom is 0.211 e. The molecule has 0 radical (unpaired) electrons. The molecule has 2 amide bonds. The Hall–Kier alpha value is -2.19. The van der Waals surface area contributed by atoms with Crippen LogP contribution >= 0.6 is 23.2 Å². The minimum absolute atomic E-state index is 0.0384. The number of nitrogens with one attached hydrogen (secondary N) is 3. The molecular weight excluding hydrogens is 528 g/mol. The van der Waals surface area contributed by atoms with Crippen LogP contribution in [0.15, 0.2) is 36.4 Å². The number of rotatable bonds is 9. The molecule has 9 heteroatoms. The second-order valence-corrected chi connectivity index (χ2v) is 11.4. The van der Waals surface area contributed by atoms with Crippen molar-refractivity contribution in [2.75, 3.05) is 11.9 Å². The molecule has 0 saturated heterocycles. The van der Waals surface area contributed by atoms with Gasteiger partial charge in [-0.2, -0.15) is 0 Å². The lowest BCUT2D eigenvalue weighted by Gasteiger charge is -2.40. The van der Waals surface area contributed by atoms with Crippen molar-refractivity contribution in [1.82, 2.24) is 10.6 Å². The second-order valence-electron chi connectivity index (χ2n) is 10.5. The fraction of sp³-hybridized carbons (Fsp3) is 0.517. The molecule has 4 N–H and O–H groups in total. The third-order valence-electron chi connectivity index (χ3n) is 6.88. The van der Waals surface area contributed by atoms with Crippen LogP contribution in [0.1, 0.15) is 76.3 Å². The monoisotopic (exact) mass is 567 g/mol. The lowest BCUT2D eigenvalue weighted by atomic mass is 9.77. The molecule has 0 aromatic heterocycles. The number of carbonyl (C=O) groups is 2. The fourth-order valence-electron chi connectivity index (χ4n) is 4.68. The maximum absolute atomic E-state index is 14.0. The first-order valence-electron chi connectivity index (χ1n) is 13.1. The van der Waals surface area contributed by atoms with Crippen molar-refractivity contribution in [3.63, 3.8) is 0 Å². The molecule has 6 nitrogen and oxygen atoms in total. The van der Waals surface area contributed by atoms with Crippen molar-refractivity contribution in [3.8, 4) is 0 Å². The van der Waals surface area contributed by atoms with Gasteiger partial charge in [-0.15, -0.1) is 0 Å². The molecule has 2 aromatic rings. The van der Waals surface area contributed by atoms with E-state index in [2.05, 4.69) is 22.9 Å². The summed E-state index contributed by atoms with van der Waals surface area (Å²) < 4.78 is 14.0. The standard InChI is InChI=1S/C17H17Cl2FN2O.C6H11NO2.C6H12/c1-11(14-3-2-4-15(19)17(14)20)8-21-9-12-5-6-13(18)7-16(12)22-10-23;1-6(9)2-5(3-6)7-4-8;1-6-4-2-3-5-6/h2-7,10-11,21H,8-9H2,1H3,(H,22,23);4-5,9H,2-3H2,1H3,(H,7,8);6H,2-5H2,1H3. The molecule has 2 aromatic carbocycles. The molecular formula is C29H40Cl2FN3O3. The zero-order valence-electron chi connectivity index (χ0n) is 22.4. The lowest BCUT2D eigenvalue weighted by Crippen LogP contribution is -2.51. The van der Waals surface area contributed by atoms with Gasteiger partial charge in [0.2, 0.25) is 12.8 Å². The molecule has 38 heavy (non-hydrogen) atoms. The van der Waals surface area contributed by atoms with E-state index >= 15 is 0 Å². The van der Waals surface area contributed by atoms with Crippen LogP contribution in [0.2, 0.25) is 10.0 Å². The molecule has 2 fully saturated rings. The van der Waals surface area contributed by atoms with Crippen molar-refractivity contribution < 1.29 is 19.1 Å². The first-order valence-corrected chi connectivity index (χ1v) is 13.9. The van der Waals surface area contributed by atoms with Gasteiger partial charge in [0.25, 0.3) is 0 Å². The number of anilines is 1. The van der Waals surface area contributed by atoms with Crippen LogP contribution in [0, 0.1) is 11.7 Å². The van der Waals surface area contributed by atoms with E-state index in [1.54, 1.807) is 31.2 Å².